The topological polar surface area (TPSA) is 29.0 Å². The molecule has 0 spiro atoms. The number of aromatic nitrogens is 2. The summed E-state index contributed by atoms with van der Waals surface area (Å²) in [7, 11) is 0. The molecule has 0 unspecified atom stereocenters. The lowest BCUT2D eigenvalue weighted by molar-refractivity contribution is 0.934. The van der Waals surface area contributed by atoms with Crippen molar-refractivity contribution in [3.8, 4) is 0 Å². The molecule has 17 heavy (non-hydrogen) atoms. The van der Waals surface area contributed by atoms with Crippen molar-refractivity contribution in [1.82, 2.24) is 9.97 Å². The summed E-state index contributed by atoms with van der Waals surface area (Å²) in [5.41, 5.74) is 3.71. The number of benzene rings is 1. The fraction of sp³-hybridized carbons (Fsp3) is 0.231. The molecule has 86 valence electrons. The Bertz CT molecular complexity index is 524. The Hall–Kier alpha value is -1.42. The van der Waals surface area contributed by atoms with E-state index in [0.717, 1.165) is 29.8 Å². The van der Waals surface area contributed by atoms with E-state index in [4.69, 9.17) is 0 Å². The zero-order chi connectivity index (χ0) is 11.7. The molecule has 1 aliphatic rings. The van der Waals surface area contributed by atoms with Gasteiger partial charge in [0.15, 0.2) is 0 Å². The number of nitrogens with zero attached hydrogens (tertiary/aromatic N) is 3. The predicted octanol–water partition coefficient (Wildman–Crippen LogP) is 3.07. The summed E-state index contributed by atoms with van der Waals surface area (Å²) in [6.07, 6.45) is 4.82. The quantitative estimate of drug-likeness (QED) is 0.796. The van der Waals surface area contributed by atoms with Crippen molar-refractivity contribution in [3.05, 3.63) is 47.8 Å². The van der Waals surface area contributed by atoms with E-state index in [1.165, 1.54) is 11.3 Å². The molecule has 0 radical (unpaired) electrons. The van der Waals surface area contributed by atoms with Crippen LogP contribution in [0.25, 0.3) is 0 Å². The second-order valence-electron chi connectivity index (χ2n) is 4.06. The van der Waals surface area contributed by atoms with Crippen molar-refractivity contribution in [2.45, 2.75) is 11.8 Å². The van der Waals surface area contributed by atoms with Crippen LogP contribution in [-0.2, 0) is 11.8 Å². The summed E-state index contributed by atoms with van der Waals surface area (Å²) in [4.78, 5) is 11.0. The number of anilines is 2. The van der Waals surface area contributed by atoms with Crippen molar-refractivity contribution < 1.29 is 0 Å². The van der Waals surface area contributed by atoms with Gasteiger partial charge in [0, 0.05) is 30.0 Å². The summed E-state index contributed by atoms with van der Waals surface area (Å²) >= 11 is 3.40. The molecule has 0 amide bonds. The predicted molar refractivity (Wildman–Crippen MR) is 71.8 cm³/mol. The fourth-order valence-electron chi connectivity index (χ4n) is 2.10. The van der Waals surface area contributed by atoms with Crippen LogP contribution >= 0.6 is 15.9 Å². The molecule has 4 heteroatoms. The second-order valence-corrected chi connectivity index (χ2v) is 4.62. The third-order valence-corrected chi connectivity index (χ3v) is 3.62. The molecule has 0 fully saturated rings. The average molecular weight is 290 g/mol. The van der Waals surface area contributed by atoms with E-state index in [2.05, 4.69) is 55.1 Å². The zero-order valence-electron chi connectivity index (χ0n) is 9.31. The van der Waals surface area contributed by atoms with E-state index in [9.17, 15) is 0 Å². The van der Waals surface area contributed by atoms with Crippen LogP contribution in [0, 0.1) is 0 Å². The highest BCUT2D eigenvalue weighted by atomic mass is 79.9. The van der Waals surface area contributed by atoms with Crippen molar-refractivity contribution >= 4 is 27.6 Å². The SMILES string of the molecule is BrCc1cnc(N2CCc3ccccc32)nc1. The van der Waals surface area contributed by atoms with Crippen LogP contribution in [0.4, 0.5) is 11.6 Å². The zero-order valence-corrected chi connectivity index (χ0v) is 10.9. The summed E-state index contributed by atoms with van der Waals surface area (Å²) in [5.74, 6) is 0.791. The van der Waals surface area contributed by atoms with Gasteiger partial charge in [-0.05, 0) is 23.6 Å². The number of alkyl halides is 1. The lowest BCUT2D eigenvalue weighted by atomic mass is 10.2. The molecule has 3 nitrogen and oxygen atoms in total. The normalized spacial score (nSPS) is 13.8. The summed E-state index contributed by atoms with van der Waals surface area (Å²) in [5, 5.41) is 0.796. The Morgan fingerprint density at radius 1 is 1.18 bits per heavy atom. The van der Waals surface area contributed by atoms with E-state index in [1.54, 1.807) is 0 Å². The first-order valence-corrected chi connectivity index (χ1v) is 6.73. The standard InChI is InChI=1S/C13H12BrN3/c14-7-10-8-15-13(16-9-10)17-6-5-11-3-1-2-4-12(11)17/h1-4,8-9H,5-7H2. The Morgan fingerprint density at radius 3 is 2.71 bits per heavy atom. The number of para-hydroxylation sites is 1. The molecule has 0 N–H and O–H groups in total. The number of hydrogen-bond acceptors (Lipinski definition) is 3. The fourth-order valence-corrected chi connectivity index (χ4v) is 2.39. The Balaban J connectivity index is 1.95. The molecular formula is C13H12BrN3. The number of halogens is 1. The van der Waals surface area contributed by atoms with Gasteiger partial charge in [0.2, 0.25) is 5.95 Å². The van der Waals surface area contributed by atoms with E-state index < -0.39 is 0 Å². The van der Waals surface area contributed by atoms with E-state index in [-0.39, 0.29) is 0 Å². The lowest BCUT2D eigenvalue weighted by Crippen LogP contribution is -2.16. The molecule has 1 aromatic carbocycles. The van der Waals surface area contributed by atoms with Crippen LogP contribution in [0.2, 0.25) is 0 Å². The molecule has 3 rings (SSSR count). The van der Waals surface area contributed by atoms with Crippen molar-refractivity contribution in [2.75, 3.05) is 11.4 Å². The maximum absolute atomic E-state index is 4.42. The first-order chi connectivity index (χ1) is 8.38. The largest absolute Gasteiger partial charge is 0.310 e. The Labute approximate surface area is 109 Å². The summed E-state index contributed by atoms with van der Waals surface area (Å²) in [6.45, 7) is 0.965. The first kappa shape index (κ1) is 10.7. The summed E-state index contributed by atoms with van der Waals surface area (Å²) < 4.78 is 0. The minimum atomic E-state index is 0.791. The van der Waals surface area contributed by atoms with Crippen LogP contribution in [-0.4, -0.2) is 16.5 Å². The number of fused-ring (bicyclic) bond motifs is 1. The van der Waals surface area contributed by atoms with Crippen LogP contribution in [0.1, 0.15) is 11.1 Å². The van der Waals surface area contributed by atoms with Gasteiger partial charge < -0.3 is 4.90 Å². The molecule has 2 heterocycles. The Kier molecular flexibility index (Phi) is 2.81. The third-order valence-electron chi connectivity index (χ3n) is 2.97. The van der Waals surface area contributed by atoms with Crippen molar-refractivity contribution in [1.29, 1.82) is 0 Å². The molecular weight excluding hydrogens is 278 g/mol. The van der Waals surface area contributed by atoms with Gasteiger partial charge in [-0.25, -0.2) is 9.97 Å². The molecule has 1 aromatic heterocycles. The van der Waals surface area contributed by atoms with Gasteiger partial charge in [0.05, 0.1) is 0 Å². The number of hydrogen-bond donors (Lipinski definition) is 0. The van der Waals surface area contributed by atoms with Gasteiger partial charge in [-0.15, -0.1) is 0 Å². The van der Waals surface area contributed by atoms with Crippen LogP contribution in [0.15, 0.2) is 36.7 Å². The minimum absolute atomic E-state index is 0.791. The highest BCUT2D eigenvalue weighted by molar-refractivity contribution is 9.08. The summed E-state index contributed by atoms with van der Waals surface area (Å²) in [6, 6.07) is 8.44. The average Bonchev–Trinajstić information content (AvgIpc) is 2.83. The second kappa shape index (κ2) is 4.45. The van der Waals surface area contributed by atoms with Gasteiger partial charge >= 0.3 is 0 Å². The van der Waals surface area contributed by atoms with Gasteiger partial charge in [-0.1, -0.05) is 34.1 Å². The molecule has 1 aliphatic heterocycles. The van der Waals surface area contributed by atoms with Crippen LogP contribution < -0.4 is 4.90 Å². The monoisotopic (exact) mass is 289 g/mol. The number of rotatable bonds is 2. The van der Waals surface area contributed by atoms with E-state index in [0.29, 0.717) is 0 Å². The smallest absolute Gasteiger partial charge is 0.229 e. The van der Waals surface area contributed by atoms with Gasteiger partial charge in [0.25, 0.3) is 0 Å². The van der Waals surface area contributed by atoms with Crippen molar-refractivity contribution in [2.24, 2.45) is 0 Å². The first-order valence-electron chi connectivity index (χ1n) is 5.61. The molecule has 0 saturated carbocycles. The van der Waals surface area contributed by atoms with Gasteiger partial charge in [-0.3, -0.25) is 0 Å². The van der Waals surface area contributed by atoms with Crippen molar-refractivity contribution in [3.63, 3.8) is 0 Å². The molecule has 2 aromatic rings. The minimum Gasteiger partial charge on any atom is -0.310 e. The maximum atomic E-state index is 4.42. The highest BCUT2D eigenvalue weighted by Crippen LogP contribution is 2.31. The molecule has 0 saturated heterocycles. The van der Waals surface area contributed by atoms with Gasteiger partial charge in [-0.2, -0.15) is 0 Å². The molecule has 0 bridgehead atoms. The van der Waals surface area contributed by atoms with Crippen LogP contribution in [0.5, 0.6) is 0 Å². The van der Waals surface area contributed by atoms with Gasteiger partial charge in [0.1, 0.15) is 0 Å². The van der Waals surface area contributed by atoms with Crippen LogP contribution in [0.3, 0.4) is 0 Å². The molecule has 0 aliphatic carbocycles. The van der Waals surface area contributed by atoms with E-state index in [1.807, 2.05) is 12.4 Å². The highest BCUT2D eigenvalue weighted by Gasteiger charge is 2.21. The Morgan fingerprint density at radius 2 is 1.94 bits per heavy atom. The molecule has 0 atom stereocenters. The van der Waals surface area contributed by atoms with E-state index >= 15 is 0 Å². The maximum Gasteiger partial charge on any atom is 0.229 e. The lowest BCUT2D eigenvalue weighted by Gasteiger charge is -2.16. The third kappa shape index (κ3) is 1.93.